The zero-order valence-corrected chi connectivity index (χ0v) is 20.6. The molecule has 3 atom stereocenters. The van der Waals surface area contributed by atoms with Crippen LogP contribution in [0.1, 0.15) is 51.0 Å². The molecule has 9 nitrogen and oxygen atoms in total. The molecule has 0 aromatic carbocycles. The number of hydrogen-bond donors (Lipinski definition) is 5. The van der Waals surface area contributed by atoms with Crippen molar-refractivity contribution in [3.05, 3.63) is 30.1 Å². The average Bonchev–Trinajstić information content (AvgIpc) is 3.63. The Bertz CT molecular complexity index is 814. The Morgan fingerprint density at radius 3 is 2.73 bits per heavy atom. The second-order valence-corrected chi connectivity index (χ2v) is 8.75. The molecule has 6 N–H and O–H groups in total. The maximum Gasteiger partial charge on any atom is 0.191 e. The quantitative estimate of drug-likeness (QED) is 0.203. The van der Waals surface area contributed by atoms with E-state index in [0.717, 1.165) is 43.7 Å². The van der Waals surface area contributed by atoms with Gasteiger partial charge in [0, 0.05) is 43.8 Å². The first-order valence-electron chi connectivity index (χ1n) is 11.5. The number of ether oxygens (including phenoxy) is 1. The van der Waals surface area contributed by atoms with Gasteiger partial charge in [-0.05, 0) is 37.3 Å². The van der Waals surface area contributed by atoms with Crippen molar-refractivity contribution in [3.8, 4) is 0 Å². The number of aromatic nitrogens is 3. The zero-order chi connectivity index (χ0) is 24.1. The highest BCUT2D eigenvalue weighted by atomic mass is 32.2. The summed E-state index contributed by atoms with van der Waals surface area (Å²) in [7, 11) is 1.00. The van der Waals surface area contributed by atoms with Gasteiger partial charge in [0.05, 0.1) is 19.3 Å². The van der Waals surface area contributed by atoms with Crippen LogP contribution >= 0.6 is 11.8 Å². The van der Waals surface area contributed by atoms with Gasteiger partial charge < -0.3 is 31.3 Å². The molecule has 33 heavy (non-hydrogen) atoms. The Morgan fingerprint density at radius 1 is 1.27 bits per heavy atom. The van der Waals surface area contributed by atoms with Crippen LogP contribution in [0.25, 0.3) is 0 Å². The summed E-state index contributed by atoms with van der Waals surface area (Å²) < 4.78 is 5.65. The van der Waals surface area contributed by atoms with Crippen LogP contribution < -0.4 is 16.4 Å². The van der Waals surface area contributed by atoms with E-state index in [1.807, 2.05) is 12.3 Å². The number of hydrogen-bond acceptors (Lipinski definition) is 10. The van der Waals surface area contributed by atoms with E-state index in [1.54, 1.807) is 18.0 Å². The summed E-state index contributed by atoms with van der Waals surface area (Å²) >= 11 is 1.64. The summed E-state index contributed by atoms with van der Waals surface area (Å²) in [5, 5.41) is 23.6. The largest absolute Gasteiger partial charge is 0.400 e. The van der Waals surface area contributed by atoms with Gasteiger partial charge in [0.15, 0.2) is 16.8 Å². The molecule has 1 fully saturated rings. The highest BCUT2D eigenvalue weighted by Gasteiger charge is 2.39. The van der Waals surface area contributed by atoms with Gasteiger partial charge in [-0.25, -0.2) is 9.97 Å². The van der Waals surface area contributed by atoms with Crippen molar-refractivity contribution in [1.29, 1.82) is 0 Å². The van der Waals surface area contributed by atoms with Crippen LogP contribution in [0.2, 0.25) is 0 Å². The molecule has 0 bridgehead atoms. The molecule has 2 aromatic heterocycles. The molecule has 1 aliphatic carbocycles. The minimum Gasteiger partial charge on any atom is -0.400 e. The van der Waals surface area contributed by atoms with Gasteiger partial charge in [0.2, 0.25) is 0 Å². The van der Waals surface area contributed by atoms with E-state index in [0.29, 0.717) is 42.4 Å². The van der Waals surface area contributed by atoms with Crippen LogP contribution in [0.4, 0.5) is 17.3 Å². The van der Waals surface area contributed by atoms with Crippen LogP contribution in [-0.4, -0.2) is 69.9 Å². The molecule has 0 spiro atoms. The van der Waals surface area contributed by atoms with Crippen molar-refractivity contribution in [2.75, 3.05) is 49.0 Å². The van der Waals surface area contributed by atoms with Gasteiger partial charge in [-0.2, -0.15) is 0 Å². The lowest BCUT2D eigenvalue weighted by molar-refractivity contribution is 0.0241. The molecular formula is C23H38N6O3S. The first-order chi connectivity index (χ1) is 16.2. The van der Waals surface area contributed by atoms with Crippen LogP contribution in [-0.2, 0) is 4.74 Å². The summed E-state index contributed by atoms with van der Waals surface area (Å²) in [5.74, 6) is 2.74. The summed E-state index contributed by atoms with van der Waals surface area (Å²) in [5.41, 5.74) is 8.21. The minimum absolute atomic E-state index is 0.0387. The summed E-state index contributed by atoms with van der Waals surface area (Å²) in [6.45, 7) is 5.31. The number of thioether (sulfide) groups is 1. The van der Waals surface area contributed by atoms with Gasteiger partial charge in [0.1, 0.15) is 5.69 Å². The molecule has 0 aliphatic heterocycles. The SMILES string of the molecule is CCCSc1nc(NCCC(CC)OCCO)c(N)c(N[C@@H]2CC2c2cccnc2)n1.CO. The van der Waals surface area contributed by atoms with Crippen LogP contribution in [0.3, 0.4) is 0 Å². The lowest BCUT2D eigenvalue weighted by atomic mass is 10.2. The van der Waals surface area contributed by atoms with Gasteiger partial charge >= 0.3 is 0 Å². The summed E-state index contributed by atoms with van der Waals surface area (Å²) in [6, 6.07) is 4.38. The second-order valence-electron chi connectivity index (χ2n) is 7.69. The Labute approximate surface area is 201 Å². The van der Waals surface area contributed by atoms with E-state index in [-0.39, 0.29) is 12.7 Å². The van der Waals surface area contributed by atoms with Crippen molar-refractivity contribution in [2.24, 2.45) is 0 Å². The molecule has 3 rings (SSSR count). The van der Waals surface area contributed by atoms with Crippen LogP contribution in [0.15, 0.2) is 29.7 Å². The topological polar surface area (TPSA) is 138 Å². The van der Waals surface area contributed by atoms with E-state index < -0.39 is 0 Å². The van der Waals surface area contributed by atoms with Crippen molar-refractivity contribution in [2.45, 2.75) is 62.8 Å². The smallest absolute Gasteiger partial charge is 0.191 e. The fourth-order valence-electron chi connectivity index (χ4n) is 3.42. The number of aliphatic hydroxyl groups is 2. The molecule has 1 aliphatic rings. The van der Waals surface area contributed by atoms with Gasteiger partial charge in [-0.1, -0.05) is 31.7 Å². The molecule has 10 heteroatoms. The van der Waals surface area contributed by atoms with Gasteiger partial charge in [-0.15, -0.1) is 0 Å². The van der Waals surface area contributed by atoms with E-state index in [1.165, 1.54) is 5.56 Å². The van der Waals surface area contributed by atoms with E-state index in [2.05, 4.69) is 45.5 Å². The number of nitrogens with zero attached hydrogens (tertiary/aromatic N) is 3. The first-order valence-corrected chi connectivity index (χ1v) is 12.5. The molecular weight excluding hydrogens is 440 g/mol. The van der Waals surface area contributed by atoms with Gasteiger partial charge in [0.25, 0.3) is 0 Å². The average molecular weight is 479 g/mol. The third kappa shape index (κ3) is 8.62. The van der Waals surface area contributed by atoms with Crippen molar-refractivity contribution in [3.63, 3.8) is 0 Å². The molecule has 0 amide bonds. The number of nitrogens with two attached hydrogens (primary N) is 1. The standard InChI is InChI=1S/C22H34N6O2S.CH4O/c1-3-12-31-22-27-20(25-9-7-16(4-2)30-11-10-29)19(23)21(28-22)26-18-13-17(18)15-6-5-8-24-14-15;1-2/h5-6,8,14,16-18,29H,3-4,7,9-13,23H2,1-2H3,(H2,25,26,27,28);2H,1H3/t16?,17?,18-;/m1./s1. The Hall–Kier alpha value is -2.14. The van der Waals surface area contributed by atoms with Crippen LogP contribution in [0, 0.1) is 0 Å². The van der Waals surface area contributed by atoms with Crippen molar-refractivity contribution >= 4 is 29.1 Å². The predicted molar refractivity (Wildman–Crippen MR) is 135 cm³/mol. The minimum atomic E-state index is 0.0387. The molecule has 2 unspecified atom stereocenters. The normalized spacial score (nSPS) is 17.6. The number of nitrogens with one attached hydrogen (secondary N) is 2. The maximum atomic E-state index is 8.96. The number of pyridine rings is 1. The van der Waals surface area contributed by atoms with Crippen LogP contribution in [0.5, 0.6) is 0 Å². The highest BCUT2D eigenvalue weighted by molar-refractivity contribution is 7.99. The second kappa shape index (κ2) is 14.9. The lowest BCUT2D eigenvalue weighted by Gasteiger charge is -2.18. The molecule has 1 saturated carbocycles. The highest BCUT2D eigenvalue weighted by Crippen LogP contribution is 2.43. The Balaban J connectivity index is 0.00000187. The molecule has 0 saturated heterocycles. The fourth-order valence-corrected chi connectivity index (χ4v) is 4.12. The summed E-state index contributed by atoms with van der Waals surface area (Å²) in [4.78, 5) is 13.6. The van der Waals surface area contributed by atoms with E-state index >= 15 is 0 Å². The number of nitrogen functional groups attached to an aromatic ring is 1. The molecule has 0 radical (unpaired) electrons. The maximum absolute atomic E-state index is 8.96. The number of aliphatic hydroxyl groups excluding tert-OH is 2. The zero-order valence-electron chi connectivity index (χ0n) is 19.8. The lowest BCUT2D eigenvalue weighted by Crippen LogP contribution is -2.20. The van der Waals surface area contributed by atoms with E-state index in [4.69, 9.17) is 20.7 Å². The number of anilines is 3. The first kappa shape index (κ1) is 27.1. The fraction of sp³-hybridized carbons (Fsp3) is 0.609. The Morgan fingerprint density at radius 2 is 2.06 bits per heavy atom. The van der Waals surface area contributed by atoms with Crippen molar-refractivity contribution in [1.82, 2.24) is 15.0 Å². The van der Waals surface area contributed by atoms with Crippen molar-refractivity contribution < 1.29 is 14.9 Å². The predicted octanol–water partition coefficient (Wildman–Crippen LogP) is 3.12. The number of rotatable bonds is 14. The summed E-state index contributed by atoms with van der Waals surface area (Å²) in [6.07, 6.45) is 7.61. The molecule has 2 aromatic rings. The third-order valence-corrected chi connectivity index (χ3v) is 6.30. The monoisotopic (exact) mass is 478 g/mol. The molecule has 2 heterocycles. The molecule has 184 valence electrons. The third-order valence-electron chi connectivity index (χ3n) is 5.24. The van der Waals surface area contributed by atoms with Gasteiger partial charge in [-0.3, -0.25) is 4.98 Å². The van der Waals surface area contributed by atoms with E-state index in [9.17, 15) is 0 Å². The Kier molecular flexibility index (Phi) is 12.2.